The molecule has 0 radical (unpaired) electrons. The Morgan fingerprint density at radius 1 is 1.19 bits per heavy atom. The summed E-state index contributed by atoms with van der Waals surface area (Å²) in [5.41, 5.74) is -0.0745. The Bertz CT molecular complexity index is 873. The van der Waals surface area contributed by atoms with E-state index < -0.39 is 22.3 Å². The molecule has 0 aliphatic heterocycles. The SMILES string of the molecule is CC(Oc1ccc(Cl)c(C(=O)NCC23CC4CC(CC(C4)C2)C3)c1)S(=O)CCNC(=O)O. The van der Waals surface area contributed by atoms with Crippen LogP contribution < -0.4 is 15.4 Å². The molecule has 4 aliphatic rings. The van der Waals surface area contributed by atoms with Crippen LogP contribution in [0.3, 0.4) is 0 Å². The Labute approximate surface area is 196 Å². The lowest BCUT2D eigenvalue weighted by Gasteiger charge is -2.56. The highest BCUT2D eigenvalue weighted by atomic mass is 35.5. The number of carbonyl (C=O) groups excluding carboxylic acids is 1. The third-order valence-electron chi connectivity index (χ3n) is 7.22. The van der Waals surface area contributed by atoms with Crippen LogP contribution in [0.1, 0.15) is 55.8 Å². The third kappa shape index (κ3) is 5.39. The van der Waals surface area contributed by atoms with E-state index in [9.17, 15) is 13.8 Å². The van der Waals surface area contributed by atoms with E-state index in [1.807, 2.05) is 0 Å². The van der Waals surface area contributed by atoms with Gasteiger partial charge in [0.2, 0.25) is 0 Å². The first-order valence-electron chi connectivity index (χ1n) is 11.3. The summed E-state index contributed by atoms with van der Waals surface area (Å²) >= 11 is 6.30. The van der Waals surface area contributed by atoms with Gasteiger partial charge in [0.1, 0.15) is 5.75 Å². The van der Waals surface area contributed by atoms with E-state index in [1.165, 1.54) is 38.5 Å². The van der Waals surface area contributed by atoms with E-state index in [0.29, 0.717) is 22.9 Å². The highest BCUT2D eigenvalue weighted by Crippen LogP contribution is 2.59. The predicted molar refractivity (Wildman–Crippen MR) is 124 cm³/mol. The summed E-state index contributed by atoms with van der Waals surface area (Å²) < 4.78 is 18.0. The third-order valence-corrected chi connectivity index (χ3v) is 9.00. The van der Waals surface area contributed by atoms with Gasteiger partial charge < -0.3 is 20.5 Å². The normalized spacial score (nSPS) is 29.9. The van der Waals surface area contributed by atoms with Gasteiger partial charge in [-0.05, 0) is 86.8 Å². The Kier molecular flexibility index (Phi) is 7.00. The van der Waals surface area contributed by atoms with Crippen molar-refractivity contribution in [2.24, 2.45) is 23.2 Å². The van der Waals surface area contributed by atoms with Gasteiger partial charge in [-0.15, -0.1) is 0 Å². The Balaban J connectivity index is 1.34. The molecule has 0 heterocycles. The van der Waals surface area contributed by atoms with Gasteiger partial charge in [0.05, 0.1) is 21.4 Å². The minimum atomic E-state index is -1.40. The van der Waals surface area contributed by atoms with Gasteiger partial charge in [0, 0.05) is 18.8 Å². The maximum atomic E-state index is 13.0. The molecule has 4 fully saturated rings. The van der Waals surface area contributed by atoms with E-state index in [4.69, 9.17) is 21.4 Å². The largest absolute Gasteiger partial charge is 0.478 e. The fraction of sp³-hybridized carbons (Fsp3) is 0.652. The minimum absolute atomic E-state index is 0.0776. The molecule has 32 heavy (non-hydrogen) atoms. The molecule has 4 bridgehead atoms. The number of halogens is 1. The smallest absolute Gasteiger partial charge is 0.404 e. The van der Waals surface area contributed by atoms with Crippen LogP contribution in [0.25, 0.3) is 0 Å². The minimum Gasteiger partial charge on any atom is -0.478 e. The number of benzene rings is 1. The van der Waals surface area contributed by atoms with Gasteiger partial charge in [0.15, 0.2) is 5.44 Å². The standard InChI is InChI=1S/C23H31ClN2O5S/c1-14(32(30)5-4-25-22(28)29)31-18-2-3-20(24)19(9-18)21(27)26-13-23-10-15-6-16(11-23)8-17(7-15)12-23/h2-3,9,14-17,25H,4-8,10-13H2,1H3,(H,26,27)(H,28,29). The molecule has 3 N–H and O–H groups in total. The first kappa shape index (κ1) is 23.4. The number of hydrogen-bond donors (Lipinski definition) is 3. The van der Waals surface area contributed by atoms with Crippen LogP contribution in [0.4, 0.5) is 4.79 Å². The number of ether oxygens (including phenoxy) is 1. The van der Waals surface area contributed by atoms with Gasteiger partial charge in [-0.1, -0.05) is 11.6 Å². The van der Waals surface area contributed by atoms with Crippen molar-refractivity contribution in [2.75, 3.05) is 18.8 Å². The molecule has 1 aromatic rings. The molecule has 2 unspecified atom stereocenters. The van der Waals surface area contributed by atoms with Crippen LogP contribution in [-0.2, 0) is 10.8 Å². The van der Waals surface area contributed by atoms with E-state index >= 15 is 0 Å². The number of hydrogen-bond acceptors (Lipinski definition) is 4. The molecular formula is C23H31ClN2O5S. The molecular weight excluding hydrogens is 452 g/mol. The number of rotatable bonds is 9. The lowest BCUT2D eigenvalue weighted by molar-refractivity contribution is -0.0503. The summed E-state index contributed by atoms with van der Waals surface area (Å²) in [5.74, 6) is 2.81. The van der Waals surface area contributed by atoms with E-state index in [0.717, 1.165) is 17.8 Å². The fourth-order valence-corrected chi connectivity index (χ4v) is 7.35. The first-order valence-corrected chi connectivity index (χ1v) is 13.1. The zero-order valence-electron chi connectivity index (χ0n) is 18.3. The second-order valence-corrected chi connectivity index (χ2v) is 12.0. The lowest BCUT2D eigenvalue weighted by Crippen LogP contribution is -2.51. The topological polar surface area (TPSA) is 105 Å². The molecule has 176 valence electrons. The van der Waals surface area contributed by atoms with Crippen molar-refractivity contribution in [3.8, 4) is 5.75 Å². The Morgan fingerprint density at radius 3 is 2.41 bits per heavy atom. The van der Waals surface area contributed by atoms with Gasteiger partial charge >= 0.3 is 6.09 Å². The van der Waals surface area contributed by atoms with Crippen molar-refractivity contribution in [3.05, 3.63) is 28.8 Å². The predicted octanol–water partition coefficient (Wildman–Crippen LogP) is 4.03. The summed E-state index contributed by atoms with van der Waals surface area (Å²) in [6.07, 6.45) is 6.60. The van der Waals surface area contributed by atoms with Crippen molar-refractivity contribution >= 4 is 34.4 Å². The molecule has 2 atom stereocenters. The van der Waals surface area contributed by atoms with Crippen LogP contribution in [0.15, 0.2) is 18.2 Å². The molecule has 4 aliphatic carbocycles. The van der Waals surface area contributed by atoms with Crippen molar-refractivity contribution < 1.29 is 23.6 Å². The van der Waals surface area contributed by atoms with Crippen molar-refractivity contribution in [3.63, 3.8) is 0 Å². The summed E-state index contributed by atoms with van der Waals surface area (Å²) in [6, 6.07) is 4.83. The molecule has 9 heteroatoms. The monoisotopic (exact) mass is 482 g/mol. The number of carboxylic acid groups (broad SMARTS) is 1. The molecule has 0 saturated heterocycles. The van der Waals surface area contributed by atoms with E-state index in [2.05, 4.69) is 10.6 Å². The zero-order valence-corrected chi connectivity index (χ0v) is 19.8. The zero-order chi connectivity index (χ0) is 22.9. The Morgan fingerprint density at radius 2 is 1.81 bits per heavy atom. The molecule has 1 aromatic carbocycles. The maximum absolute atomic E-state index is 13.0. The average molecular weight is 483 g/mol. The number of amides is 2. The second-order valence-electron chi connectivity index (χ2n) is 9.74. The molecule has 0 aromatic heterocycles. The van der Waals surface area contributed by atoms with Gasteiger partial charge in [-0.2, -0.15) is 0 Å². The lowest BCUT2D eigenvalue weighted by atomic mass is 9.49. The van der Waals surface area contributed by atoms with E-state index in [1.54, 1.807) is 25.1 Å². The van der Waals surface area contributed by atoms with Crippen LogP contribution in [0.2, 0.25) is 5.02 Å². The molecule has 4 saturated carbocycles. The van der Waals surface area contributed by atoms with Gasteiger partial charge in [-0.3, -0.25) is 9.00 Å². The number of nitrogens with one attached hydrogen (secondary N) is 2. The van der Waals surface area contributed by atoms with Crippen molar-refractivity contribution in [1.82, 2.24) is 10.6 Å². The van der Waals surface area contributed by atoms with Crippen LogP contribution in [0.5, 0.6) is 5.75 Å². The maximum Gasteiger partial charge on any atom is 0.404 e. The van der Waals surface area contributed by atoms with Crippen molar-refractivity contribution in [1.29, 1.82) is 0 Å². The van der Waals surface area contributed by atoms with Gasteiger partial charge in [-0.25, -0.2) is 4.79 Å². The van der Waals surface area contributed by atoms with E-state index in [-0.39, 0.29) is 23.6 Å². The summed E-state index contributed by atoms with van der Waals surface area (Å²) in [5, 5.41) is 14.3. The molecule has 0 spiro atoms. The van der Waals surface area contributed by atoms with Crippen LogP contribution in [-0.4, -0.2) is 45.6 Å². The van der Waals surface area contributed by atoms with Crippen molar-refractivity contribution in [2.45, 2.75) is 50.9 Å². The molecule has 2 amide bonds. The Hall–Kier alpha value is -1.80. The molecule has 7 nitrogen and oxygen atoms in total. The highest BCUT2D eigenvalue weighted by molar-refractivity contribution is 7.85. The number of carbonyl (C=O) groups is 2. The summed E-state index contributed by atoms with van der Waals surface area (Å²) in [6.45, 7) is 2.42. The highest BCUT2D eigenvalue weighted by Gasteiger charge is 2.50. The summed E-state index contributed by atoms with van der Waals surface area (Å²) in [7, 11) is -1.40. The summed E-state index contributed by atoms with van der Waals surface area (Å²) in [4.78, 5) is 23.5. The second kappa shape index (κ2) is 9.59. The molecule has 5 rings (SSSR count). The average Bonchev–Trinajstić information content (AvgIpc) is 2.72. The quantitative estimate of drug-likeness (QED) is 0.493. The van der Waals surface area contributed by atoms with Crippen LogP contribution >= 0.6 is 11.6 Å². The first-order chi connectivity index (χ1) is 15.2. The fourth-order valence-electron chi connectivity index (χ4n) is 6.29. The van der Waals surface area contributed by atoms with Gasteiger partial charge in [0.25, 0.3) is 5.91 Å². The van der Waals surface area contributed by atoms with Crippen LogP contribution in [0, 0.1) is 23.2 Å².